The van der Waals surface area contributed by atoms with Crippen molar-refractivity contribution in [2.75, 3.05) is 0 Å². The number of hydrogen-bond donors (Lipinski definition) is 1. The maximum atomic E-state index is 12.2. The van der Waals surface area contributed by atoms with Gasteiger partial charge in [0.1, 0.15) is 6.54 Å². The van der Waals surface area contributed by atoms with Gasteiger partial charge < -0.3 is 5.32 Å². The highest BCUT2D eigenvalue weighted by molar-refractivity contribution is 5.75. The molecular weight excluding hydrogens is 332 g/mol. The minimum Gasteiger partial charge on any atom is -0.350 e. The Morgan fingerprint density at radius 3 is 2.69 bits per heavy atom. The molecule has 1 N–H and O–H groups in total. The van der Waals surface area contributed by atoms with Crippen molar-refractivity contribution in [3.05, 3.63) is 83.2 Å². The van der Waals surface area contributed by atoms with Gasteiger partial charge in [0.05, 0.1) is 11.9 Å². The lowest BCUT2D eigenvalue weighted by Crippen LogP contribution is -2.32. The molecule has 8 heteroatoms. The molecule has 4 aromatic rings. The normalized spacial score (nSPS) is 10.9. The maximum Gasteiger partial charge on any atom is 0.350 e. The number of hydrogen-bond acceptors (Lipinski definition) is 4. The average molecular weight is 348 g/mol. The highest BCUT2D eigenvalue weighted by Crippen LogP contribution is 2.07. The summed E-state index contributed by atoms with van der Waals surface area (Å²) in [6.45, 7) is 0.196. The lowest BCUT2D eigenvalue weighted by molar-refractivity contribution is -0.122. The SMILES string of the molecule is O=C(Cn1nc2ccccn2c1=O)NCc1cnn(-c2ccccc2)c1. The van der Waals surface area contributed by atoms with Crippen LogP contribution in [-0.2, 0) is 17.9 Å². The molecule has 0 aliphatic carbocycles. The van der Waals surface area contributed by atoms with Crippen molar-refractivity contribution in [1.82, 2.24) is 29.3 Å². The third-order valence-electron chi connectivity index (χ3n) is 3.93. The van der Waals surface area contributed by atoms with Crippen molar-refractivity contribution in [3.63, 3.8) is 0 Å². The van der Waals surface area contributed by atoms with Gasteiger partial charge >= 0.3 is 5.69 Å². The van der Waals surface area contributed by atoms with Crippen LogP contribution in [0.25, 0.3) is 11.3 Å². The number of carbonyl (C=O) groups is 1. The van der Waals surface area contributed by atoms with Crippen LogP contribution >= 0.6 is 0 Å². The van der Waals surface area contributed by atoms with Crippen LogP contribution in [0.3, 0.4) is 0 Å². The second-order valence-corrected chi connectivity index (χ2v) is 5.77. The van der Waals surface area contributed by atoms with E-state index in [9.17, 15) is 9.59 Å². The Morgan fingerprint density at radius 2 is 1.88 bits per heavy atom. The fourth-order valence-electron chi connectivity index (χ4n) is 2.64. The maximum absolute atomic E-state index is 12.2. The first kappa shape index (κ1) is 15.8. The van der Waals surface area contributed by atoms with E-state index in [0.717, 1.165) is 15.9 Å². The van der Waals surface area contributed by atoms with Gasteiger partial charge in [0.2, 0.25) is 5.91 Å². The highest BCUT2D eigenvalue weighted by atomic mass is 16.2. The minimum atomic E-state index is -0.340. The van der Waals surface area contributed by atoms with Crippen LogP contribution in [0, 0.1) is 0 Å². The Morgan fingerprint density at radius 1 is 1.08 bits per heavy atom. The van der Waals surface area contributed by atoms with Gasteiger partial charge in [-0.15, -0.1) is 5.10 Å². The highest BCUT2D eigenvalue weighted by Gasteiger charge is 2.10. The molecule has 8 nitrogen and oxygen atoms in total. The van der Waals surface area contributed by atoms with E-state index in [2.05, 4.69) is 15.5 Å². The lowest BCUT2D eigenvalue weighted by atomic mass is 10.3. The standard InChI is InChI=1S/C18H16N6O2/c25-17(13-24-18(26)22-9-5-4-8-16(22)21-24)19-10-14-11-20-23(12-14)15-6-2-1-3-7-15/h1-9,11-12H,10,13H2,(H,19,25). The Bertz CT molecular complexity index is 1110. The Kier molecular flexibility index (Phi) is 4.06. The first-order valence-electron chi connectivity index (χ1n) is 8.10. The number of amides is 1. The molecule has 0 bridgehead atoms. The summed E-state index contributed by atoms with van der Waals surface area (Å²) >= 11 is 0. The second kappa shape index (κ2) is 6.67. The van der Waals surface area contributed by atoms with Gasteiger partial charge in [-0.1, -0.05) is 24.3 Å². The van der Waals surface area contributed by atoms with Crippen LogP contribution in [0.2, 0.25) is 0 Å². The van der Waals surface area contributed by atoms with E-state index in [1.807, 2.05) is 36.5 Å². The first-order valence-corrected chi connectivity index (χ1v) is 8.10. The number of rotatable bonds is 5. The molecule has 26 heavy (non-hydrogen) atoms. The van der Waals surface area contributed by atoms with Crippen molar-refractivity contribution in [3.8, 4) is 5.69 Å². The van der Waals surface area contributed by atoms with Crippen molar-refractivity contribution in [2.45, 2.75) is 13.1 Å². The van der Waals surface area contributed by atoms with Gasteiger partial charge in [-0.3, -0.25) is 9.20 Å². The fraction of sp³-hybridized carbons (Fsp3) is 0.111. The molecule has 0 radical (unpaired) electrons. The van der Waals surface area contributed by atoms with Gasteiger partial charge in [-0.2, -0.15) is 5.10 Å². The number of benzene rings is 1. The zero-order valence-corrected chi connectivity index (χ0v) is 13.8. The molecule has 0 aliphatic heterocycles. The number of nitrogens with zero attached hydrogens (tertiary/aromatic N) is 5. The quantitative estimate of drug-likeness (QED) is 0.583. The molecule has 0 atom stereocenters. The topological polar surface area (TPSA) is 86.2 Å². The van der Waals surface area contributed by atoms with E-state index in [0.29, 0.717) is 12.2 Å². The molecule has 1 amide bonds. The van der Waals surface area contributed by atoms with Crippen molar-refractivity contribution in [2.24, 2.45) is 0 Å². The summed E-state index contributed by atoms with van der Waals surface area (Å²) in [6, 6.07) is 15.0. The van der Waals surface area contributed by atoms with E-state index in [-0.39, 0.29) is 18.1 Å². The molecule has 0 saturated carbocycles. The summed E-state index contributed by atoms with van der Waals surface area (Å²) in [5.74, 6) is -0.289. The number of para-hydroxylation sites is 1. The van der Waals surface area contributed by atoms with Crippen LogP contribution in [0.5, 0.6) is 0 Å². The van der Waals surface area contributed by atoms with E-state index in [1.165, 1.54) is 4.40 Å². The lowest BCUT2D eigenvalue weighted by Gasteiger charge is -2.03. The predicted octanol–water partition coefficient (Wildman–Crippen LogP) is 0.998. The Hall–Kier alpha value is -3.68. The molecule has 0 unspecified atom stereocenters. The van der Waals surface area contributed by atoms with Crippen LogP contribution in [0.1, 0.15) is 5.56 Å². The molecular formula is C18H16N6O2. The number of nitrogens with one attached hydrogen (secondary N) is 1. The van der Waals surface area contributed by atoms with Crippen molar-refractivity contribution in [1.29, 1.82) is 0 Å². The fourth-order valence-corrected chi connectivity index (χ4v) is 2.64. The summed E-state index contributed by atoms with van der Waals surface area (Å²) in [5, 5.41) is 11.2. The van der Waals surface area contributed by atoms with Gasteiger partial charge in [0.15, 0.2) is 5.65 Å². The van der Waals surface area contributed by atoms with Crippen LogP contribution < -0.4 is 11.0 Å². The molecule has 0 saturated heterocycles. The average Bonchev–Trinajstić information content (AvgIpc) is 3.27. The molecule has 0 fully saturated rings. The van der Waals surface area contributed by atoms with Gasteiger partial charge in [-0.05, 0) is 24.3 Å². The van der Waals surface area contributed by atoms with E-state index in [1.54, 1.807) is 35.3 Å². The van der Waals surface area contributed by atoms with E-state index >= 15 is 0 Å². The molecule has 130 valence electrons. The van der Waals surface area contributed by atoms with Crippen molar-refractivity contribution >= 4 is 11.6 Å². The van der Waals surface area contributed by atoms with E-state index in [4.69, 9.17) is 0 Å². The summed E-state index contributed by atoms with van der Waals surface area (Å²) < 4.78 is 4.29. The second-order valence-electron chi connectivity index (χ2n) is 5.77. The summed E-state index contributed by atoms with van der Waals surface area (Å²) in [4.78, 5) is 24.3. The summed E-state index contributed by atoms with van der Waals surface area (Å²) in [6.07, 6.45) is 5.17. The Balaban J connectivity index is 1.40. The van der Waals surface area contributed by atoms with Gasteiger partial charge in [0, 0.05) is 24.5 Å². The van der Waals surface area contributed by atoms with Crippen molar-refractivity contribution < 1.29 is 4.79 Å². The predicted molar refractivity (Wildman–Crippen MR) is 94.9 cm³/mol. The largest absolute Gasteiger partial charge is 0.350 e. The van der Waals surface area contributed by atoms with Crippen LogP contribution in [0.4, 0.5) is 0 Å². The number of pyridine rings is 1. The Labute approximate surface area is 148 Å². The molecule has 3 aromatic heterocycles. The summed E-state index contributed by atoms with van der Waals surface area (Å²) in [7, 11) is 0. The molecule has 1 aromatic carbocycles. The monoisotopic (exact) mass is 348 g/mol. The van der Waals surface area contributed by atoms with Gasteiger partial charge in [-0.25, -0.2) is 14.2 Å². The zero-order valence-electron chi connectivity index (χ0n) is 13.8. The van der Waals surface area contributed by atoms with E-state index < -0.39 is 0 Å². The van der Waals surface area contributed by atoms with Gasteiger partial charge in [0.25, 0.3) is 0 Å². The van der Waals surface area contributed by atoms with Crippen LogP contribution in [0.15, 0.2) is 71.9 Å². The number of aromatic nitrogens is 5. The summed E-state index contributed by atoms with van der Waals surface area (Å²) in [5.41, 5.74) is 1.98. The van der Waals surface area contributed by atoms with Crippen LogP contribution in [-0.4, -0.2) is 29.9 Å². The minimum absolute atomic E-state index is 0.132. The molecule has 3 heterocycles. The third-order valence-corrected chi connectivity index (χ3v) is 3.93. The zero-order chi connectivity index (χ0) is 17.9. The number of carbonyl (C=O) groups excluding carboxylic acids is 1. The third kappa shape index (κ3) is 3.12. The molecule has 0 spiro atoms. The first-order chi connectivity index (χ1) is 12.7. The molecule has 0 aliphatic rings. The molecule has 4 rings (SSSR count). The number of fused-ring (bicyclic) bond motifs is 1. The smallest absolute Gasteiger partial charge is 0.350 e.